The number of carbonyl (C=O) groups excluding carboxylic acids is 6. The van der Waals surface area contributed by atoms with Crippen molar-refractivity contribution in [3.05, 3.63) is 47.6 Å². The normalized spacial score (nSPS) is 29.7. The van der Waals surface area contributed by atoms with Crippen molar-refractivity contribution < 1.29 is 124 Å². The van der Waals surface area contributed by atoms with Gasteiger partial charge < -0.3 is 111 Å². The van der Waals surface area contributed by atoms with Crippen molar-refractivity contribution in [3.63, 3.8) is 0 Å². The van der Waals surface area contributed by atoms with E-state index in [1.807, 2.05) is 58.1 Å². The zero-order chi connectivity index (χ0) is 78.2. The lowest BCUT2D eigenvalue weighted by atomic mass is 9.78. The first-order chi connectivity index (χ1) is 51.6. The van der Waals surface area contributed by atoms with Crippen molar-refractivity contribution in [2.75, 3.05) is 187 Å². The third-order valence-corrected chi connectivity index (χ3v) is 19.8. The minimum absolute atomic E-state index is 0.0149. The highest BCUT2D eigenvalue weighted by Gasteiger charge is 2.53. The zero-order valence-corrected chi connectivity index (χ0v) is 66.2. The van der Waals surface area contributed by atoms with Crippen molar-refractivity contribution in [1.29, 1.82) is 0 Å². The minimum atomic E-state index is -2.51. The first kappa shape index (κ1) is 94.5. The standard InChI is InChI=1S/C78H133N3O26/c1-13-94-33-34-98-41-42-101-45-46-103-48-47-102-44-43-100-38-36-96-30-27-80-77(88)106-68-54-67(58(5)51-62-23-25-65(69(52-62)92-11)105-76(87)79-26-29-95-35-37-99-40-39-97-32-31-90-9)104-75(86)64-21-17-18-28-81(64)74(85)73(84)78(89)61(8)22-24-63(107-78)53-66(91-10)56(3)20-16-14-15-19-55(2)49-59(6)70(82)72(93-12)71(83)60(7)50-57(68)4/h14-16,19-20,50,55,57-59,61-69,71-72,83,89H,13,17-18,21-49,51-54H2,1-12H3,(H,79,87)(H,80,88)/b16-14+,19-15+,56-20+,60-50+/t55-,57-,58-,59-,61-,62+,63+,64+,65-,66+,67+,68-,69-,71-,72+,78-/m1/s1. The van der Waals surface area contributed by atoms with Crippen molar-refractivity contribution in [1.82, 2.24) is 15.5 Å². The van der Waals surface area contributed by atoms with Gasteiger partial charge in [-0.2, -0.15) is 0 Å². The van der Waals surface area contributed by atoms with Gasteiger partial charge in [-0.15, -0.1) is 0 Å². The zero-order valence-electron chi connectivity index (χ0n) is 66.2. The molecule has 3 fully saturated rings. The molecule has 2 bridgehead atoms. The second-order valence-corrected chi connectivity index (χ2v) is 28.1. The second-order valence-electron chi connectivity index (χ2n) is 28.1. The van der Waals surface area contributed by atoms with E-state index in [1.165, 1.54) is 12.0 Å². The van der Waals surface area contributed by atoms with E-state index in [0.29, 0.717) is 176 Å². The van der Waals surface area contributed by atoms with E-state index in [0.717, 1.165) is 5.57 Å². The van der Waals surface area contributed by atoms with Crippen LogP contribution in [0.15, 0.2) is 47.6 Å². The quantitative estimate of drug-likeness (QED) is 0.0153. The fourth-order valence-corrected chi connectivity index (χ4v) is 13.5. The number of allylic oxidation sites excluding steroid dienone is 5. The number of hydrogen-bond donors (Lipinski definition) is 4. The van der Waals surface area contributed by atoms with E-state index in [1.54, 1.807) is 55.1 Å². The molecular weight excluding hydrogens is 1390 g/mol. The van der Waals surface area contributed by atoms with Crippen LogP contribution in [0.1, 0.15) is 132 Å². The SMILES string of the molecule is CCOCCOCCOCCOCCOCCOCCOCCNC(=O)O[C@@H]1C[C@@H]([C@H](C)C[C@@H]2CC[C@@H](OC(=O)NCCOCCOCCOCCOC)[C@H](OC)C2)OC(=O)[C@@H]2CCCCN2C(=O)C(=O)[C@]2(O)O[C@@H](CC[C@H]2C)C[C@H](OC)/C(C)=C/C=C/C=C/[C@@H](C)C[C@@H](C)C(=O)[C@H](OC)[C@H](O)/C(C)=C/[C@H]1C. The summed E-state index contributed by atoms with van der Waals surface area (Å²) >= 11 is 0. The number of aliphatic hydroxyl groups excluding tert-OH is 1. The van der Waals surface area contributed by atoms with Crippen LogP contribution in [0.3, 0.4) is 0 Å². The lowest BCUT2D eigenvalue weighted by molar-refractivity contribution is -0.265. The predicted molar refractivity (Wildman–Crippen MR) is 396 cm³/mol. The van der Waals surface area contributed by atoms with Gasteiger partial charge in [0.1, 0.15) is 36.6 Å². The Kier molecular flexibility index (Phi) is 49.0. The molecule has 1 aliphatic carbocycles. The van der Waals surface area contributed by atoms with E-state index in [4.69, 9.17) is 85.3 Å². The number of amides is 3. The number of aliphatic hydroxyl groups is 2. The molecule has 0 aromatic rings. The lowest BCUT2D eigenvalue weighted by Crippen LogP contribution is -2.61. The number of nitrogens with zero attached hydrogens (tertiary/aromatic N) is 1. The van der Waals surface area contributed by atoms with E-state index < -0.39 is 114 Å². The van der Waals surface area contributed by atoms with Gasteiger partial charge in [-0.1, -0.05) is 71.1 Å². The fourth-order valence-electron chi connectivity index (χ4n) is 13.5. The Labute approximate surface area is 636 Å². The molecule has 16 atom stereocenters. The summed E-state index contributed by atoms with van der Waals surface area (Å²) in [6.07, 6.45) is 7.31. The Morgan fingerprint density at radius 3 is 1.67 bits per heavy atom. The molecule has 107 heavy (non-hydrogen) atoms. The maximum absolute atomic E-state index is 15.2. The summed E-state index contributed by atoms with van der Waals surface area (Å²) in [6, 6.07) is -1.25. The summed E-state index contributed by atoms with van der Waals surface area (Å²) in [6.45, 7) is 23.4. The van der Waals surface area contributed by atoms with Gasteiger partial charge in [0.25, 0.3) is 11.7 Å². The highest BCUT2D eigenvalue weighted by Crippen LogP contribution is 2.39. The molecule has 0 aromatic carbocycles. The topological polar surface area (TPSA) is 336 Å². The van der Waals surface area contributed by atoms with Gasteiger partial charge in [-0.25, -0.2) is 14.4 Å². The number of cyclic esters (lactones) is 1. The number of piperidine rings is 1. The molecule has 3 aliphatic heterocycles. The van der Waals surface area contributed by atoms with Crippen LogP contribution in [0.5, 0.6) is 0 Å². The number of fused-ring (bicyclic) bond motifs is 3. The fraction of sp³-hybridized carbons (Fsp3) is 0.821. The highest BCUT2D eigenvalue weighted by atomic mass is 16.6. The molecule has 1 saturated carbocycles. The number of methoxy groups -OCH3 is 4. The Bertz CT molecular complexity index is 2610. The summed E-state index contributed by atoms with van der Waals surface area (Å²) in [7, 11) is 6.10. The van der Waals surface area contributed by atoms with Crippen molar-refractivity contribution >= 4 is 35.6 Å². The minimum Gasteiger partial charge on any atom is -0.460 e. The van der Waals surface area contributed by atoms with Gasteiger partial charge in [0.2, 0.25) is 5.79 Å². The van der Waals surface area contributed by atoms with Gasteiger partial charge in [-0.3, -0.25) is 14.4 Å². The maximum atomic E-state index is 15.2. The monoisotopic (exact) mass is 1530 g/mol. The summed E-state index contributed by atoms with van der Waals surface area (Å²) in [5, 5.41) is 29.8. The lowest BCUT2D eigenvalue weighted by Gasteiger charge is -2.43. The molecule has 0 spiro atoms. The largest absolute Gasteiger partial charge is 0.460 e. The molecule has 0 radical (unpaired) electrons. The van der Waals surface area contributed by atoms with Gasteiger partial charge in [0.15, 0.2) is 5.78 Å². The maximum Gasteiger partial charge on any atom is 0.407 e. The Hall–Kier alpha value is -4.90. The first-order valence-electron chi connectivity index (χ1n) is 38.7. The molecule has 29 nitrogen and oxygen atoms in total. The molecule has 29 heteroatoms. The van der Waals surface area contributed by atoms with Crippen LogP contribution in [0.4, 0.5) is 9.59 Å². The molecule has 0 aromatic heterocycles. The number of ether oxygens (including phenoxy) is 18. The predicted octanol–water partition coefficient (Wildman–Crippen LogP) is 7.27. The van der Waals surface area contributed by atoms with E-state index in [-0.39, 0.29) is 82.9 Å². The smallest absolute Gasteiger partial charge is 0.407 e. The number of alkyl carbamates (subject to hydrolysis) is 2. The van der Waals surface area contributed by atoms with Crippen molar-refractivity contribution in [2.24, 2.45) is 35.5 Å². The van der Waals surface area contributed by atoms with Crippen LogP contribution in [0, 0.1) is 35.5 Å². The molecule has 616 valence electrons. The number of ketones is 2. The van der Waals surface area contributed by atoms with Crippen LogP contribution in [-0.4, -0.2) is 298 Å². The van der Waals surface area contributed by atoms with Crippen LogP contribution in [0.2, 0.25) is 0 Å². The van der Waals surface area contributed by atoms with Gasteiger partial charge >= 0.3 is 18.2 Å². The van der Waals surface area contributed by atoms with Crippen LogP contribution >= 0.6 is 0 Å². The average Bonchev–Trinajstić information content (AvgIpc) is 0.777. The van der Waals surface area contributed by atoms with Crippen molar-refractivity contribution in [3.8, 4) is 0 Å². The number of rotatable bonds is 42. The molecular formula is C78H133N3O26. The molecule has 3 heterocycles. The van der Waals surface area contributed by atoms with Crippen LogP contribution < -0.4 is 10.6 Å². The average molecular weight is 1530 g/mol. The summed E-state index contributed by atoms with van der Waals surface area (Å²) in [5.74, 6) is -8.49. The molecule has 3 amide bonds. The van der Waals surface area contributed by atoms with E-state index in [9.17, 15) is 34.2 Å². The highest BCUT2D eigenvalue weighted by molar-refractivity contribution is 6.39. The third kappa shape index (κ3) is 36.4. The van der Waals surface area contributed by atoms with Crippen molar-refractivity contribution in [2.45, 2.75) is 193 Å². The summed E-state index contributed by atoms with van der Waals surface area (Å²) in [4.78, 5) is 87.4. The summed E-state index contributed by atoms with van der Waals surface area (Å²) < 4.78 is 103. The number of Topliss-reactive ketones (excluding diaryl/α,β-unsaturated/α-hetero) is 2. The van der Waals surface area contributed by atoms with E-state index >= 15 is 4.79 Å². The van der Waals surface area contributed by atoms with Crippen LogP contribution in [0.25, 0.3) is 0 Å². The molecule has 4 rings (SSSR count). The van der Waals surface area contributed by atoms with Gasteiger partial charge in [0, 0.05) is 85.3 Å². The summed E-state index contributed by atoms with van der Waals surface area (Å²) in [5.41, 5.74) is 1.21. The van der Waals surface area contributed by atoms with E-state index in [2.05, 4.69) is 10.6 Å². The molecule has 2 saturated heterocycles. The van der Waals surface area contributed by atoms with Gasteiger partial charge in [0.05, 0.1) is 150 Å². The Morgan fingerprint density at radius 1 is 0.598 bits per heavy atom. The number of carbonyl (C=O) groups is 6. The number of esters is 1. The Morgan fingerprint density at radius 2 is 1.14 bits per heavy atom. The first-order valence-corrected chi connectivity index (χ1v) is 38.7. The van der Waals surface area contributed by atoms with Crippen LogP contribution in [-0.2, 0) is 104 Å². The third-order valence-electron chi connectivity index (χ3n) is 19.8. The number of nitrogens with one attached hydrogen (secondary N) is 2. The number of hydrogen-bond acceptors (Lipinski definition) is 26. The molecule has 4 aliphatic rings. The molecule has 0 unspecified atom stereocenters. The second kappa shape index (κ2) is 55.5. The molecule has 4 N–H and O–H groups in total. The Balaban J connectivity index is 1.57. The van der Waals surface area contributed by atoms with Gasteiger partial charge in [-0.05, 0) is 114 Å².